The van der Waals surface area contributed by atoms with Crippen LogP contribution in [0.4, 0.5) is 0 Å². The number of aliphatic hydroxyl groups is 1. The van der Waals surface area contributed by atoms with Crippen LogP contribution in [0.3, 0.4) is 0 Å². The number of para-hydroxylation sites is 1. The number of rotatable bonds is 6. The first-order valence-corrected chi connectivity index (χ1v) is 5.29. The van der Waals surface area contributed by atoms with Crippen LogP contribution in [0.2, 0.25) is 5.02 Å². The fraction of sp³-hybridized carbons (Fsp3) is 0.333. The Kier molecular flexibility index (Phi) is 5.22. The van der Waals surface area contributed by atoms with Gasteiger partial charge in [-0.25, -0.2) is 0 Å². The zero-order valence-corrected chi connectivity index (χ0v) is 9.33. The molecular formula is C12H15ClO2. The predicted molar refractivity (Wildman–Crippen MR) is 62.3 cm³/mol. The van der Waals surface area contributed by atoms with Gasteiger partial charge in [0.1, 0.15) is 5.75 Å². The molecule has 1 aromatic rings. The lowest BCUT2D eigenvalue weighted by Crippen LogP contribution is -2.00. The molecule has 0 aliphatic rings. The summed E-state index contributed by atoms with van der Waals surface area (Å²) in [5.74, 6) is 0.589. The normalized spacial score (nSPS) is 10.0. The van der Waals surface area contributed by atoms with E-state index in [4.69, 9.17) is 21.4 Å². The Balaban J connectivity index is 2.61. The van der Waals surface area contributed by atoms with Gasteiger partial charge < -0.3 is 9.84 Å². The fourth-order valence-electron chi connectivity index (χ4n) is 1.24. The molecule has 0 heterocycles. The lowest BCUT2D eigenvalue weighted by Gasteiger charge is -2.11. The number of hydrogen-bond acceptors (Lipinski definition) is 2. The van der Waals surface area contributed by atoms with Gasteiger partial charge in [0.05, 0.1) is 18.2 Å². The van der Waals surface area contributed by atoms with E-state index in [-0.39, 0.29) is 6.61 Å². The van der Waals surface area contributed by atoms with E-state index in [2.05, 4.69) is 6.58 Å². The Hall–Kier alpha value is -0.990. The van der Waals surface area contributed by atoms with Crippen molar-refractivity contribution in [3.8, 4) is 5.75 Å². The molecule has 0 fully saturated rings. The fourth-order valence-corrected chi connectivity index (χ4v) is 1.49. The third-order valence-corrected chi connectivity index (χ3v) is 2.32. The summed E-state index contributed by atoms with van der Waals surface area (Å²) in [5, 5.41) is 9.63. The molecule has 82 valence electrons. The second-order valence-electron chi connectivity index (χ2n) is 3.17. The molecule has 0 radical (unpaired) electrons. The van der Waals surface area contributed by atoms with Gasteiger partial charge in [-0.1, -0.05) is 29.8 Å². The molecule has 2 nitrogen and oxygen atoms in total. The Morgan fingerprint density at radius 3 is 2.93 bits per heavy atom. The van der Waals surface area contributed by atoms with Crippen molar-refractivity contribution in [1.29, 1.82) is 0 Å². The highest BCUT2D eigenvalue weighted by molar-refractivity contribution is 6.32. The molecule has 0 amide bonds. The first kappa shape index (κ1) is 12.1. The summed E-state index contributed by atoms with van der Waals surface area (Å²) in [7, 11) is 0. The van der Waals surface area contributed by atoms with E-state index in [0.717, 1.165) is 18.4 Å². The molecular weight excluding hydrogens is 212 g/mol. The van der Waals surface area contributed by atoms with E-state index in [1.54, 1.807) is 18.2 Å². The van der Waals surface area contributed by atoms with Gasteiger partial charge in [-0.2, -0.15) is 0 Å². The number of allylic oxidation sites excluding steroid dienone is 1. The monoisotopic (exact) mass is 226 g/mol. The molecule has 1 aromatic carbocycles. The van der Waals surface area contributed by atoms with Crippen LogP contribution in [-0.4, -0.2) is 11.7 Å². The van der Waals surface area contributed by atoms with E-state index < -0.39 is 0 Å². The van der Waals surface area contributed by atoms with Crippen molar-refractivity contribution in [1.82, 2.24) is 0 Å². The topological polar surface area (TPSA) is 29.5 Å². The Labute approximate surface area is 95.1 Å². The van der Waals surface area contributed by atoms with E-state index in [9.17, 15) is 0 Å². The highest BCUT2D eigenvalue weighted by Crippen LogP contribution is 2.28. The molecule has 1 rings (SSSR count). The summed E-state index contributed by atoms with van der Waals surface area (Å²) < 4.78 is 5.52. The Bertz CT molecular complexity index is 323. The van der Waals surface area contributed by atoms with Crippen LogP contribution in [0.5, 0.6) is 5.75 Å². The van der Waals surface area contributed by atoms with E-state index in [1.165, 1.54) is 0 Å². The second kappa shape index (κ2) is 6.49. The van der Waals surface area contributed by atoms with Crippen molar-refractivity contribution in [2.75, 3.05) is 6.61 Å². The molecule has 0 atom stereocenters. The van der Waals surface area contributed by atoms with Gasteiger partial charge in [0, 0.05) is 5.56 Å². The van der Waals surface area contributed by atoms with Gasteiger partial charge in [0.15, 0.2) is 0 Å². The molecule has 0 aliphatic heterocycles. The minimum absolute atomic E-state index is 0.0582. The number of unbranched alkanes of at least 4 members (excludes halogenated alkanes) is 1. The van der Waals surface area contributed by atoms with Crippen LogP contribution in [0, 0.1) is 0 Å². The van der Waals surface area contributed by atoms with Crippen molar-refractivity contribution in [2.24, 2.45) is 0 Å². The van der Waals surface area contributed by atoms with Gasteiger partial charge in [-0.05, 0) is 18.9 Å². The molecule has 0 unspecified atom stereocenters. The highest BCUT2D eigenvalue weighted by Gasteiger charge is 2.06. The molecule has 3 heteroatoms. The van der Waals surface area contributed by atoms with Crippen molar-refractivity contribution < 1.29 is 9.84 Å². The standard InChI is InChI=1S/C12H15ClO2/c1-2-3-4-8-15-12-10(9-14)6-5-7-11(12)13/h2,5-7,14H,1,3-4,8-9H2. The molecule has 0 aromatic heterocycles. The number of halogens is 1. The second-order valence-corrected chi connectivity index (χ2v) is 3.57. The van der Waals surface area contributed by atoms with Gasteiger partial charge >= 0.3 is 0 Å². The highest BCUT2D eigenvalue weighted by atomic mass is 35.5. The SMILES string of the molecule is C=CCCCOc1c(Cl)cccc1CO. The maximum atomic E-state index is 9.09. The van der Waals surface area contributed by atoms with Crippen LogP contribution in [-0.2, 0) is 6.61 Å². The zero-order chi connectivity index (χ0) is 11.1. The average molecular weight is 227 g/mol. The van der Waals surface area contributed by atoms with Crippen LogP contribution in [0.1, 0.15) is 18.4 Å². The van der Waals surface area contributed by atoms with Crippen molar-refractivity contribution in [2.45, 2.75) is 19.4 Å². The van der Waals surface area contributed by atoms with Crippen LogP contribution in [0.25, 0.3) is 0 Å². The maximum absolute atomic E-state index is 9.09. The summed E-state index contributed by atoms with van der Waals surface area (Å²) in [6.45, 7) is 4.16. The first-order valence-electron chi connectivity index (χ1n) is 4.91. The third-order valence-electron chi connectivity index (χ3n) is 2.02. The summed E-state index contributed by atoms with van der Waals surface area (Å²) in [5.41, 5.74) is 0.723. The summed E-state index contributed by atoms with van der Waals surface area (Å²) in [4.78, 5) is 0. The van der Waals surface area contributed by atoms with E-state index >= 15 is 0 Å². The first-order chi connectivity index (χ1) is 7.29. The van der Waals surface area contributed by atoms with Crippen molar-refractivity contribution >= 4 is 11.6 Å². The van der Waals surface area contributed by atoms with Gasteiger partial charge in [-0.15, -0.1) is 6.58 Å². The molecule has 0 saturated carbocycles. The van der Waals surface area contributed by atoms with E-state index in [1.807, 2.05) is 6.08 Å². The van der Waals surface area contributed by atoms with Crippen molar-refractivity contribution in [3.63, 3.8) is 0 Å². The summed E-state index contributed by atoms with van der Waals surface area (Å²) in [6, 6.07) is 5.35. The maximum Gasteiger partial charge on any atom is 0.143 e. The lowest BCUT2D eigenvalue weighted by atomic mass is 10.2. The molecule has 0 spiro atoms. The number of ether oxygens (including phenoxy) is 1. The third kappa shape index (κ3) is 3.57. The minimum Gasteiger partial charge on any atom is -0.492 e. The largest absolute Gasteiger partial charge is 0.492 e. The number of benzene rings is 1. The molecule has 0 saturated heterocycles. The molecule has 0 aliphatic carbocycles. The number of hydrogen-bond donors (Lipinski definition) is 1. The Morgan fingerprint density at radius 2 is 2.27 bits per heavy atom. The predicted octanol–water partition coefficient (Wildman–Crippen LogP) is 3.18. The van der Waals surface area contributed by atoms with Crippen molar-refractivity contribution in [3.05, 3.63) is 41.4 Å². The summed E-state index contributed by atoms with van der Waals surface area (Å²) >= 11 is 5.96. The van der Waals surface area contributed by atoms with E-state index in [0.29, 0.717) is 17.4 Å². The van der Waals surface area contributed by atoms with Crippen LogP contribution >= 0.6 is 11.6 Å². The van der Waals surface area contributed by atoms with Gasteiger partial charge in [0.25, 0.3) is 0 Å². The smallest absolute Gasteiger partial charge is 0.143 e. The summed E-state index contributed by atoms with van der Waals surface area (Å²) in [6.07, 6.45) is 3.67. The van der Waals surface area contributed by atoms with Gasteiger partial charge in [-0.3, -0.25) is 0 Å². The van der Waals surface area contributed by atoms with Crippen LogP contribution < -0.4 is 4.74 Å². The molecule has 15 heavy (non-hydrogen) atoms. The quantitative estimate of drug-likeness (QED) is 0.596. The zero-order valence-electron chi connectivity index (χ0n) is 8.58. The van der Waals surface area contributed by atoms with Gasteiger partial charge in [0.2, 0.25) is 0 Å². The minimum atomic E-state index is -0.0582. The van der Waals surface area contributed by atoms with Crippen LogP contribution in [0.15, 0.2) is 30.9 Å². The average Bonchev–Trinajstić information content (AvgIpc) is 2.26. The molecule has 0 bridgehead atoms. The Morgan fingerprint density at radius 1 is 1.47 bits per heavy atom. The molecule has 1 N–H and O–H groups in total. The number of aliphatic hydroxyl groups excluding tert-OH is 1. The lowest BCUT2D eigenvalue weighted by molar-refractivity contribution is 0.261.